The van der Waals surface area contributed by atoms with Crippen LogP contribution < -0.4 is 0 Å². The topological polar surface area (TPSA) is 75.6 Å². The van der Waals surface area contributed by atoms with Crippen LogP contribution >= 0.6 is 0 Å². The lowest BCUT2D eigenvalue weighted by Gasteiger charge is -2.47. The Morgan fingerprint density at radius 1 is 1.31 bits per heavy atom. The van der Waals surface area contributed by atoms with Crippen molar-refractivity contribution in [2.45, 2.75) is 44.6 Å². The van der Waals surface area contributed by atoms with Gasteiger partial charge in [-0.1, -0.05) is 0 Å². The lowest BCUT2D eigenvalue weighted by Crippen LogP contribution is -2.53. The number of aromatic nitrogens is 2. The third kappa shape index (κ3) is 3.58. The van der Waals surface area contributed by atoms with Crippen molar-refractivity contribution in [2.24, 2.45) is 5.41 Å². The number of piperidine rings is 2. The number of carbonyl (C=O) groups excluding carboxylic acids is 2. The molecule has 140 valence electrons. The fraction of sp³-hybridized carbons (Fsp3) is 0.684. The van der Waals surface area contributed by atoms with E-state index in [-0.39, 0.29) is 23.3 Å². The molecule has 1 atom stereocenters. The molecule has 0 bridgehead atoms. The van der Waals surface area contributed by atoms with Gasteiger partial charge in [-0.15, -0.1) is 5.10 Å². The van der Waals surface area contributed by atoms with Crippen LogP contribution in [0.5, 0.6) is 0 Å². The van der Waals surface area contributed by atoms with Gasteiger partial charge in [-0.05, 0) is 49.7 Å². The van der Waals surface area contributed by atoms with Gasteiger partial charge in [-0.3, -0.25) is 9.59 Å². The SMILES string of the molecule is O=C1CCC2(CCN(C(=O)c3cccnn3)CC2)CN1C[C@@H]1CCCO1. The second-order valence-corrected chi connectivity index (χ2v) is 7.81. The minimum atomic E-state index is -0.0453. The van der Waals surface area contributed by atoms with E-state index in [1.807, 2.05) is 9.80 Å². The summed E-state index contributed by atoms with van der Waals surface area (Å²) in [7, 11) is 0. The fourth-order valence-electron chi connectivity index (χ4n) is 4.47. The Morgan fingerprint density at radius 3 is 2.85 bits per heavy atom. The van der Waals surface area contributed by atoms with Crippen molar-refractivity contribution in [1.29, 1.82) is 0 Å². The summed E-state index contributed by atoms with van der Waals surface area (Å²) in [5, 5.41) is 7.73. The van der Waals surface area contributed by atoms with E-state index in [0.29, 0.717) is 12.1 Å². The average molecular weight is 358 g/mol. The van der Waals surface area contributed by atoms with E-state index >= 15 is 0 Å². The van der Waals surface area contributed by atoms with Gasteiger partial charge in [0.25, 0.3) is 5.91 Å². The van der Waals surface area contributed by atoms with Crippen LogP contribution in [0.3, 0.4) is 0 Å². The summed E-state index contributed by atoms with van der Waals surface area (Å²) >= 11 is 0. The molecular weight excluding hydrogens is 332 g/mol. The number of hydrogen-bond donors (Lipinski definition) is 0. The van der Waals surface area contributed by atoms with Crippen molar-refractivity contribution in [3.8, 4) is 0 Å². The smallest absolute Gasteiger partial charge is 0.274 e. The first-order valence-electron chi connectivity index (χ1n) is 9.62. The highest BCUT2D eigenvalue weighted by Crippen LogP contribution is 2.40. The number of amides is 2. The summed E-state index contributed by atoms with van der Waals surface area (Å²) in [6, 6.07) is 3.45. The Hall–Kier alpha value is -2.02. The molecule has 4 heterocycles. The Morgan fingerprint density at radius 2 is 2.15 bits per heavy atom. The summed E-state index contributed by atoms with van der Waals surface area (Å²) < 4.78 is 5.72. The minimum Gasteiger partial charge on any atom is -0.376 e. The van der Waals surface area contributed by atoms with Crippen LogP contribution in [0.4, 0.5) is 0 Å². The van der Waals surface area contributed by atoms with Gasteiger partial charge in [0.05, 0.1) is 6.10 Å². The molecule has 1 aromatic rings. The Kier molecular flexibility index (Phi) is 4.89. The zero-order chi connectivity index (χ0) is 18.0. The highest BCUT2D eigenvalue weighted by atomic mass is 16.5. The zero-order valence-corrected chi connectivity index (χ0v) is 15.1. The normalized spacial score (nSPS) is 25.7. The number of hydrogen-bond acceptors (Lipinski definition) is 5. The van der Waals surface area contributed by atoms with Gasteiger partial charge >= 0.3 is 0 Å². The van der Waals surface area contributed by atoms with Crippen LogP contribution in [-0.4, -0.2) is 70.7 Å². The molecular formula is C19H26N4O3. The van der Waals surface area contributed by atoms with Gasteiger partial charge in [0.15, 0.2) is 5.69 Å². The van der Waals surface area contributed by atoms with Crippen molar-refractivity contribution in [1.82, 2.24) is 20.0 Å². The largest absolute Gasteiger partial charge is 0.376 e. The predicted molar refractivity (Wildman–Crippen MR) is 94.4 cm³/mol. The second kappa shape index (κ2) is 7.31. The Bertz CT molecular complexity index is 652. The third-order valence-electron chi connectivity index (χ3n) is 6.10. The van der Waals surface area contributed by atoms with Crippen molar-refractivity contribution in [3.05, 3.63) is 24.0 Å². The first-order chi connectivity index (χ1) is 12.7. The summed E-state index contributed by atoms with van der Waals surface area (Å²) in [6.07, 6.45) is 7.35. The van der Waals surface area contributed by atoms with Crippen LogP contribution in [0, 0.1) is 5.41 Å². The quantitative estimate of drug-likeness (QED) is 0.818. The van der Waals surface area contributed by atoms with Crippen LogP contribution in [0.2, 0.25) is 0 Å². The molecule has 26 heavy (non-hydrogen) atoms. The number of carbonyl (C=O) groups is 2. The molecule has 3 saturated heterocycles. The fourth-order valence-corrected chi connectivity index (χ4v) is 4.47. The zero-order valence-electron chi connectivity index (χ0n) is 15.1. The molecule has 4 rings (SSSR count). The predicted octanol–water partition coefficient (Wildman–Crippen LogP) is 1.50. The molecule has 0 aliphatic carbocycles. The minimum absolute atomic E-state index is 0.0453. The molecule has 3 aliphatic heterocycles. The lowest BCUT2D eigenvalue weighted by molar-refractivity contribution is -0.141. The van der Waals surface area contributed by atoms with Crippen LogP contribution in [0.15, 0.2) is 18.3 Å². The number of nitrogens with zero attached hydrogens (tertiary/aromatic N) is 4. The number of rotatable bonds is 3. The molecule has 7 heteroatoms. The van der Waals surface area contributed by atoms with Gasteiger partial charge in [0, 0.05) is 45.4 Å². The molecule has 1 aromatic heterocycles. The van der Waals surface area contributed by atoms with E-state index in [2.05, 4.69) is 10.2 Å². The summed E-state index contributed by atoms with van der Waals surface area (Å²) in [6.45, 7) is 3.79. The molecule has 3 aliphatic rings. The maximum Gasteiger partial charge on any atom is 0.274 e. The Balaban J connectivity index is 1.36. The van der Waals surface area contributed by atoms with Gasteiger partial charge in [-0.2, -0.15) is 5.10 Å². The summed E-state index contributed by atoms with van der Waals surface area (Å²) in [5.74, 6) is 0.209. The van der Waals surface area contributed by atoms with Crippen LogP contribution in [0.1, 0.15) is 49.0 Å². The highest BCUT2D eigenvalue weighted by Gasteiger charge is 2.42. The van der Waals surface area contributed by atoms with Crippen molar-refractivity contribution in [2.75, 3.05) is 32.8 Å². The van der Waals surface area contributed by atoms with Gasteiger partial charge in [0.1, 0.15) is 0 Å². The molecule has 1 spiro atoms. The van der Waals surface area contributed by atoms with Crippen molar-refractivity contribution in [3.63, 3.8) is 0 Å². The molecule has 0 unspecified atom stereocenters. The molecule has 2 amide bonds. The van der Waals surface area contributed by atoms with Gasteiger partial charge in [-0.25, -0.2) is 0 Å². The van der Waals surface area contributed by atoms with E-state index in [1.165, 1.54) is 0 Å². The van der Waals surface area contributed by atoms with E-state index in [0.717, 1.165) is 64.9 Å². The molecule has 0 saturated carbocycles. The first kappa shape index (κ1) is 17.4. The average Bonchev–Trinajstić information content (AvgIpc) is 3.19. The standard InChI is InChI=1S/C19H26N4O3/c24-17-5-6-19(14-23(17)13-15-3-2-12-26-15)7-10-22(11-8-19)18(25)16-4-1-9-20-21-16/h1,4,9,15H,2-3,5-8,10-14H2/t15-/m0/s1. The lowest BCUT2D eigenvalue weighted by atomic mass is 9.72. The van der Waals surface area contributed by atoms with E-state index in [9.17, 15) is 9.59 Å². The third-order valence-corrected chi connectivity index (χ3v) is 6.10. The summed E-state index contributed by atoms with van der Waals surface area (Å²) in [5.41, 5.74) is 0.549. The van der Waals surface area contributed by atoms with Crippen LogP contribution in [-0.2, 0) is 9.53 Å². The first-order valence-corrected chi connectivity index (χ1v) is 9.62. The second-order valence-electron chi connectivity index (χ2n) is 7.81. The van der Waals surface area contributed by atoms with Crippen LogP contribution in [0.25, 0.3) is 0 Å². The van der Waals surface area contributed by atoms with E-state index in [1.54, 1.807) is 18.3 Å². The number of ether oxygens (including phenoxy) is 1. The van der Waals surface area contributed by atoms with E-state index < -0.39 is 0 Å². The van der Waals surface area contributed by atoms with E-state index in [4.69, 9.17) is 4.74 Å². The monoisotopic (exact) mass is 358 g/mol. The van der Waals surface area contributed by atoms with Crippen molar-refractivity contribution < 1.29 is 14.3 Å². The van der Waals surface area contributed by atoms with Crippen molar-refractivity contribution >= 4 is 11.8 Å². The Labute approximate surface area is 153 Å². The maximum absolute atomic E-state index is 12.6. The summed E-state index contributed by atoms with van der Waals surface area (Å²) in [4.78, 5) is 28.8. The molecule has 0 aromatic carbocycles. The molecule has 0 N–H and O–H groups in total. The molecule has 3 fully saturated rings. The maximum atomic E-state index is 12.6. The van der Waals surface area contributed by atoms with Gasteiger partial charge in [0.2, 0.25) is 5.91 Å². The molecule has 0 radical (unpaired) electrons. The van der Waals surface area contributed by atoms with Gasteiger partial charge < -0.3 is 14.5 Å². The molecule has 7 nitrogen and oxygen atoms in total. The highest BCUT2D eigenvalue weighted by molar-refractivity contribution is 5.92. The number of likely N-dealkylation sites (tertiary alicyclic amines) is 2.